The maximum absolute atomic E-state index is 13.9. The van der Waals surface area contributed by atoms with Crippen molar-refractivity contribution in [1.82, 2.24) is 20.4 Å². The third-order valence-corrected chi connectivity index (χ3v) is 6.04. The second-order valence-corrected chi connectivity index (χ2v) is 10.6. The second kappa shape index (κ2) is 14.2. The standard InChI is InChI=1S/C28H36F3N5O6/c1-5-6-7-8-9-10-16-40-21-14-13-18(17-19(21)28(29,30)31)22-32-23(42-35-22)20-12-11-15-36(20)24(33-25(37)38)34-26(39)41-27(2,3)4/h8-9,13-14,17,20H,5-7,10-12,15-16H2,1-4H3,(H,37,38)(H,33,34,39)/t20-/m0/s1. The van der Waals surface area contributed by atoms with Gasteiger partial charge in [-0.25, -0.2) is 9.59 Å². The first kappa shape index (κ1) is 32.4. The third kappa shape index (κ3) is 9.48. The number of benzene rings is 1. The number of alkyl halides is 3. The van der Waals surface area contributed by atoms with Gasteiger partial charge in [0.05, 0.1) is 12.2 Å². The molecule has 0 unspecified atom stereocenters. The summed E-state index contributed by atoms with van der Waals surface area (Å²) >= 11 is 0. The monoisotopic (exact) mass is 595 g/mol. The lowest BCUT2D eigenvalue weighted by Gasteiger charge is -2.26. The molecule has 1 fully saturated rings. The van der Waals surface area contributed by atoms with E-state index in [0.29, 0.717) is 25.8 Å². The molecule has 14 heteroatoms. The Hall–Kier alpha value is -4.10. The molecule has 3 rings (SSSR count). The van der Waals surface area contributed by atoms with Gasteiger partial charge in [0.1, 0.15) is 17.4 Å². The van der Waals surface area contributed by atoms with E-state index in [9.17, 15) is 27.9 Å². The Labute approximate surface area is 241 Å². The first-order valence-corrected chi connectivity index (χ1v) is 13.7. The average molecular weight is 596 g/mol. The number of aliphatic imine (C=N–C) groups is 1. The number of hydrogen-bond acceptors (Lipinski definition) is 7. The number of rotatable bonds is 9. The molecule has 2 amide bonds. The highest BCUT2D eigenvalue weighted by molar-refractivity contribution is 5.98. The van der Waals surface area contributed by atoms with Crippen molar-refractivity contribution >= 4 is 18.1 Å². The fourth-order valence-corrected chi connectivity index (χ4v) is 4.23. The van der Waals surface area contributed by atoms with Crippen LogP contribution in [0.2, 0.25) is 0 Å². The lowest BCUT2D eigenvalue weighted by Crippen LogP contribution is -2.46. The molecule has 1 aliphatic heterocycles. The van der Waals surface area contributed by atoms with Crippen molar-refractivity contribution in [2.24, 2.45) is 4.99 Å². The summed E-state index contributed by atoms with van der Waals surface area (Å²) in [5.74, 6) is -0.665. The summed E-state index contributed by atoms with van der Waals surface area (Å²) in [5, 5.41) is 15.5. The van der Waals surface area contributed by atoms with Crippen LogP contribution < -0.4 is 10.1 Å². The quantitative estimate of drug-likeness (QED) is 0.136. The van der Waals surface area contributed by atoms with Gasteiger partial charge in [0, 0.05) is 12.1 Å². The van der Waals surface area contributed by atoms with Crippen LogP contribution in [-0.4, -0.2) is 57.0 Å². The Morgan fingerprint density at radius 3 is 2.64 bits per heavy atom. The highest BCUT2D eigenvalue weighted by Crippen LogP contribution is 2.39. The predicted molar refractivity (Wildman–Crippen MR) is 147 cm³/mol. The first-order chi connectivity index (χ1) is 19.8. The average Bonchev–Trinajstić information content (AvgIpc) is 3.56. The number of likely N-dealkylation sites (tertiary alicyclic amines) is 1. The number of unbranched alkanes of at least 4 members (excludes halogenated alkanes) is 2. The Morgan fingerprint density at radius 1 is 1.24 bits per heavy atom. The van der Waals surface area contributed by atoms with E-state index in [0.717, 1.165) is 25.3 Å². The minimum absolute atomic E-state index is 0.0234. The van der Waals surface area contributed by atoms with E-state index in [-0.39, 0.29) is 35.6 Å². The second-order valence-electron chi connectivity index (χ2n) is 10.6. The van der Waals surface area contributed by atoms with Crippen LogP contribution in [0, 0.1) is 0 Å². The van der Waals surface area contributed by atoms with Gasteiger partial charge in [-0.3, -0.25) is 5.32 Å². The Balaban J connectivity index is 1.79. The van der Waals surface area contributed by atoms with Crippen LogP contribution in [0.15, 0.2) is 39.9 Å². The number of carbonyl (C=O) groups is 2. The molecule has 0 saturated carbocycles. The molecule has 230 valence electrons. The normalized spacial score (nSPS) is 16.2. The van der Waals surface area contributed by atoms with Gasteiger partial charge in [-0.2, -0.15) is 18.2 Å². The number of nitrogens with zero attached hydrogens (tertiary/aromatic N) is 4. The van der Waals surface area contributed by atoms with Crippen LogP contribution in [0.25, 0.3) is 11.4 Å². The van der Waals surface area contributed by atoms with Crippen molar-refractivity contribution in [3.8, 4) is 17.1 Å². The number of aromatic nitrogens is 2. The maximum Gasteiger partial charge on any atom is 0.434 e. The van der Waals surface area contributed by atoms with E-state index >= 15 is 0 Å². The molecule has 11 nitrogen and oxygen atoms in total. The van der Waals surface area contributed by atoms with Crippen molar-refractivity contribution in [1.29, 1.82) is 0 Å². The van der Waals surface area contributed by atoms with E-state index in [1.165, 1.54) is 17.0 Å². The van der Waals surface area contributed by atoms with E-state index in [4.69, 9.17) is 14.0 Å². The van der Waals surface area contributed by atoms with Crippen molar-refractivity contribution in [2.75, 3.05) is 13.2 Å². The number of halogens is 3. The minimum atomic E-state index is -4.69. The topological polar surface area (TPSA) is 139 Å². The van der Waals surface area contributed by atoms with Gasteiger partial charge in [0.15, 0.2) is 0 Å². The summed E-state index contributed by atoms with van der Waals surface area (Å²) in [6, 6.07) is 2.84. The number of allylic oxidation sites excluding steroid dienone is 1. The molecule has 0 spiro atoms. The number of alkyl carbamates (subject to hydrolysis) is 1. The molecule has 1 atom stereocenters. The predicted octanol–water partition coefficient (Wildman–Crippen LogP) is 6.97. The lowest BCUT2D eigenvalue weighted by molar-refractivity contribution is -0.138. The van der Waals surface area contributed by atoms with Crippen LogP contribution >= 0.6 is 0 Å². The van der Waals surface area contributed by atoms with Gasteiger partial charge in [0.2, 0.25) is 17.7 Å². The number of amides is 2. The number of ether oxygens (including phenoxy) is 2. The lowest BCUT2D eigenvalue weighted by atomic mass is 10.1. The minimum Gasteiger partial charge on any atom is -0.493 e. The highest BCUT2D eigenvalue weighted by Gasteiger charge is 2.37. The molecule has 1 aromatic heterocycles. The first-order valence-electron chi connectivity index (χ1n) is 13.7. The van der Waals surface area contributed by atoms with Crippen molar-refractivity contribution in [3.63, 3.8) is 0 Å². The van der Waals surface area contributed by atoms with E-state index in [1.807, 2.05) is 12.2 Å². The Morgan fingerprint density at radius 2 is 1.98 bits per heavy atom. The van der Waals surface area contributed by atoms with Crippen LogP contribution in [0.5, 0.6) is 5.75 Å². The molecule has 42 heavy (non-hydrogen) atoms. The van der Waals surface area contributed by atoms with E-state index < -0.39 is 35.6 Å². The van der Waals surface area contributed by atoms with Crippen molar-refractivity contribution < 1.29 is 41.9 Å². The molecule has 1 saturated heterocycles. The molecule has 0 aliphatic carbocycles. The fraction of sp³-hybridized carbons (Fsp3) is 0.536. The fourth-order valence-electron chi connectivity index (χ4n) is 4.23. The van der Waals surface area contributed by atoms with Gasteiger partial charge < -0.3 is 24.0 Å². The molecule has 2 aromatic rings. The third-order valence-electron chi connectivity index (χ3n) is 6.04. The molecule has 2 N–H and O–H groups in total. The summed E-state index contributed by atoms with van der Waals surface area (Å²) in [4.78, 5) is 32.9. The SMILES string of the molecule is CCCCC=CCCOc1ccc(-c2noc([C@@H]3CCCN3C(=NC(=O)O)NC(=O)OC(C)(C)C)n2)cc1C(F)(F)F. The van der Waals surface area contributed by atoms with Crippen LogP contribution in [0.3, 0.4) is 0 Å². The van der Waals surface area contributed by atoms with Gasteiger partial charge in [-0.05, 0) is 64.7 Å². The summed E-state index contributed by atoms with van der Waals surface area (Å²) in [6.45, 7) is 7.41. The van der Waals surface area contributed by atoms with Gasteiger partial charge in [0.25, 0.3) is 0 Å². The molecule has 1 aliphatic rings. The molecule has 2 heterocycles. The van der Waals surface area contributed by atoms with Crippen LogP contribution in [0.1, 0.15) is 83.7 Å². The Bertz CT molecular complexity index is 1290. The zero-order chi connectivity index (χ0) is 30.9. The number of guanidine groups is 1. The summed E-state index contributed by atoms with van der Waals surface area (Å²) in [6.07, 6.45) is 1.24. The van der Waals surface area contributed by atoms with E-state index in [2.05, 4.69) is 27.4 Å². The highest BCUT2D eigenvalue weighted by atomic mass is 19.4. The molecule has 1 aromatic carbocycles. The molecule has 0 bridgehead atoms. The number of hydrogen-bond donors (Lipinski definition) is 2. The Kier molecular flexibility index (Phi) is 10.9. The molecular weight excluding hydrogens is 559 g/mol. The maximum atomic E-state index is 13.9. The molecule has 0 radical (unpaired) electrons. The number of carboxylic acid groups (broad SMARTS) is 1. The summed E-state index contributed by atoms with van der Waals surface area (Å²) in [5.41, 5.74) is -1.76. The number of nitrogens with one attached hydrogen (secondary N) is 1. The van der Waals surface area contributed by atoms with E-state index in [1.54, 1.807) is 20.8 Å². The van der Waals surface area contributed by atoms with Gasteiger partial charge in [-0.1, -0.05) is 37.1 Å². The van der Waals surface area contributed by atoms with Crippen LogP contribution in [-0.2, 0) is 10.9 Å². The largest absolute Gasteiger partial charge is 0.493 e. The molecular formula is C28H36F3N5O6. The summed E-state index contributed by atoms with van der Waals surface area (Å²) in [7, 11) is 0. The summed E-state index contributed by atoms with van der Waals surface area (Å²) < 4.78 is 57.7. The smallest absolute Gasteiger partial charge is 0.434 e. The number of carbonyl (C=O) groups excluding carboxylic acids is 1. The van der Waals surface area contributed by atoms with Crippen molar-refractivity contribution in [2.45, 2.75) is 84.0 Å². The zero-order valence-electron chi connectivity index (χ0n) is 24.0. The van der Waals surface area contributed by atoms with Crippen molar-refractivity contribution in [3.05, 3.63) is 41.8 Å². The zero-order valence-corrected chi connectivity index (χ0v) is 24.0. The van der Waals surface area contributed by atoms with Gasteiger partial charge in [-0.15, -0.1) is 4.99 Å². The van der Waals surface area contributed by atoms with Gasteiger partial charge >= 0.3 is 18.4 Å². The van der Waals surface area contributed by atoms with Crippen LogP contribution in [0.4, 0.5) is 22.8 Å².